The fraction of sp³-hybridized carbons (Fsp3) is 0.167. The summed E-state index contributed by atoms with van der Waals surface area (Å²) in [5.74, 6) is -5.46. The molecular weight excluding hydrogens is 480 g/mol. The lowest BCUT2D eigenvalue weighted by Gasteiger charge is -2.17. The Hall–Kier alpha value is -5.00. The van der Waals surface area contributed by atoms with Crippen molar-refractivity contribution in [1.82, 2.24) is 0 Å². The highest BCUT2D eigenvalue weighted by molar-refractivity contribution is 5.93. The Morgan fingerprint density at radius 1 is 0.556 bits per heavy atom. The maximum absolute atomic E-state index is 12.2. The Bertz CT molecular complexity index is 911. The van der Waals surface area contributed by atoms with Gasteiger partial charge in [0, 0.05) is 24.3 Å². The van der Waals surface area contributed by atoms with Gasteiger partial charge in [-0.05, 0) is 24.3 Å². The topological polar surface area (TPSA) is 158 Å². The van der Waals surface area contributed by atoms with Crippen LogP contribution in [0.25, 0.3) is 0 Å². The summed E-state index contributed by atoms with van der Waals surface area (Å²) in [6, 6.07) is 4.91. The largest absolute Gasteiger partial charge is 0.454 e. The molecule has 0 aliphatic heterocycles. The third kappa shape index (κ3) is 10.3. The zero-order valence-corrected chi connectivity index (χ0v) is 18.9. The Morgan fingerprint density at radius 3 is 1.03 bits per heavy atom. The lowest BCUT2D eigenvalue weighted by Crippen LogP contribution is -2.29. The highest BCUT2D eigenvalue weighted by Crippen LogP contribution is 2.10. The Kier molecular flexibility index (Phi) is 12.1. The van der Waals surface area contributed by atoms with E-state index in [2.05, 4.69) is 26.3 Å². The fourth-order valence-electron chi connectivity index (χ4n) is 2.09. The molecule has 190 valence electrons. The number of carbonyl (C=O) groups is 6. The molecule has 0 saturated heterocycles. The maximum Gasteiger partial charge on any atom is 0.338 e. The summed E-state index contributed by atoms with van der Waals surface area (Å²) in [4.78, 5) is 69.9. The second kappa shape index (κ2) is 15.0. The molecule has 0 spiro atoms. The number of esters is 6. The smallest absolute Gasteiger partial charge is 0.338 e. The van der Waals surface area contributed by atoms with Gasteiger partial charge in [0.25, 0.3) is 12.6 Å². The van der Waals surface area contributed by atoms with E-state index in [4.69, 9.17) is 28.4 Å². The van der Waals surface area contributed by atoms with Crippen molar-refractivity contribution in [2.24, 2.45) is 0 Å². The molecular formula is C24H22O12. The van der Waals surface area contributed by atoms with Crippen molar-refractivity contribution in [1.29, 1.82) is 0 Å². The molecule has 0 fully saturated rings. The van der Waals surface area contributed by atoms with E-state index in [0.29, 0.717) is 0 Å². The van der Waals surface area contributed by atoms with Gasteiger partial charge in [-0.25, -0.2) is 28.8 Å². The van der Waals surface area contributed by atoms with Crippen LogP contribution in [0.5, 0.6) is 0 Å². The van der Waals surface area contributed by atoms with Crippen LogP contribution in [0, 0.1) is 0 Å². The van der Waals surface area contributed by atoms with E-state index in [1.54, 1.807) is 0 Å². The molecule has 0 bridgehead atoms. The van der Waals surface area contributed by atoms with Crippen LogP contribution in [0.15, 0.2) is 74.9 Å². The molecule has 36 heavy (non-hydrogen) atoms. The average Bonchev–Trinajstić information content (AvgIpc) is 2.89. The predicted molar refractivity (Wildman–Crippen MR) is 120 cm³/mol. The second-order valence-corrected chi connectivity index (χ2v) is 6.20. The lowest BCUT2D eigenvalue weighted by molar-refractivity contribution is -0.188. The minimum Gasteiger partial charge on any atom is -0.454 e. The van der Waals surface area contributed by atoms with Gasteiger partial charge in [0.05, 0.1) is 11.1 Å². The Balaban J connectivity index is 2.74. The monoisotopic (exact) mass is 502 g/mol. The molecule has 0 N–H and O–H groups in total. The predicted octanol–water partition coefficient (Wildman–Crippen LogP) is 1.57. The van der Waals surface area contributed by atoms with Crippen molar-refractivity contribution in [3.8, 4) is 0 Å². The summed E-state index contributed by atoms with van der Waals surface area (Å²) in [6.07, 6.45) is 0.204. The van der Waals surface area contributed by atoms with Gasteiger partial charge in [0.2, 0.25) is 0 Å². The number of ether oxygens (including phenoxy) is 6. The van der Waals surface area contributed by atoms with Crippen LogP contribution in [-0.4, -0.2) is 61.6 Å². The van der Waals surface area contributed by atoms with Crippen LogP contribution in [0.1, 0.15) is 20.7 Å². The summed E-state index contributed by atoms with van der Waals surface area (Å²) in [5, 5.41) is 0. The van der Waals surface area contributed by atoms with E-state index < -0.39 is 61.6 Å². The number of carbonyl (C=O) groups excluding carboxylic acids is 6. The zero-order valence-electron chi connectivity index (χ0n) is 18.9. The van der Waals surface area contributed by atoms with E-state index in [1.807, 2.05) is 0 Å². The quantitative estimate of drug-likeness (QED) is 0.157. The Morgan fingerprint density at radius 2 is 0.806 bits per heavy atom. The first-order chi connectivity index (χ1) is 17.1. The first-order valence-electron chi connectivity index (χ1n) is 9.90. The van der Waals surface area contributed by atoms with Gasteiger partial charge in [-0.3, -0.25) is 0 Å². The number of hydrogen-bond acceptors (Lipinski definition) is 12. The number of rotatable bonds is 14. The van der Waals surface area contributed by atoms with Crippen LogP contribution in [0.3, 0.4) is 0 Å². The van der Waals surface area contributed by atoms with Gasteiger partial charge in [-0.15, -0.1) is 0 Å². The second-order valence-electron chi connectivity index (χ2n) is 6.20. The van der Waals surface area contributed by atoms with Crippen LogP contribution in [0.4, 0.5) is 0 Å². The van der Waals surface area contributed by atoms with E-state index in [1.165, 1.54) is 24.3 Å². The molecule has 12 nitrogen and oxygen atoms in total. The highest BCUT2D eigenvalue weighted by atomic mass is 16.7. The summed E-state index contributed by atoms with van der Waals surface area (Å²) in [7, 11) is 0. The molecule has 0 aromatic heterocycles. The first kappa shape index (κ1) is 29.0. The molecule has 0 atom stereocenters. The normalized spacial score (nSPS) is 9.83. The minimum absolute atomic E-state index is 0.00639. The molecule has 1 aromatic carbocycles. The van der Waals surface area contributed by atoms with Crippen molar-refractivity contribution >= 4 is 35.8 Å². The summed E-state index contributed by atoms with van der Waals surface area (Å²) in [5.41, 5.74) is -0.0128. The first-order valence-corrected chi connectivity index (χ1v) is 9.90. The maximum atomic E-state index is 12.2. The van der Waals surface area contributed by atoms with Crippen molar-refractivity contribution in [2.75, 3.05) is 13.2 Å². The van der Waals surface area contributed by atoms with E-state index in [0.717, 1.165) is 24.3 Å². The van der Waals surface area contributed by atoms with Gasteiger partial charge in [0.15, 0.2) is 13.2 Å². The SMILES string of the molecule is C=CC(=O)OC(COC(=O)c1ccc(C(=O)OCC(OC(=O)C=C)OC(=O)C=C)cc1)OC(=O)C=C. The molecule has 0 radical (unpaired) electrons. The summed E-state index contributed by atoms with van der Waals surface area (Å²) < 4.78 is 29.0. The van der Waals surface area contributed by atoms with E-state index >= 15 is 0 Å². The van der Waals surface area contributed by atoms with Gasteiger partial charge in [-0.2, -0.15) is 0 Å². The van der Waals surface area contributed by atoms with Crippen LogP contribution < -0.4 is 0 Å². The third-order valence-corrected chi connectivity index (χ3v) is 3.71. The molecule has 12 heteroatoms. The molecule has 0 amide bonds. The van der Waals surface area contributed by atoms with Gasteiger partial charge in [0.1, 0.15) is 0 Å². The number of benzene rings is 1. The molecule has 1 aromatic rings. The fourth-order valence-corrected chi connectivity index (χ4v) is 2.09. The summed E-state index contributed by atoms with van der Waals surface area (Å²) in [6.45, 7) is 11.5. The number of hydrogen-bond donors (Lipinski definition) is 0. The van der Waals surface area contributed by atoms with Gasteiger partial charge >= 0.3 is 35.8 Å². The van der Waals surface area contributed by atoms with Crippen molar-refractivity contribution < 1.29 is 57.2 Å². The highest BCUT2D eigenvalue weighted by Gasteiger charge is 2.22. The average molecular weight is 502 g/mol. The van der Waals surface area contributed by atoms with Gasteiger partial charge < -0.3 is 28.4 Å². The van der Waals surface area contributed by atoms with Gasteiger partial charge in [-0.1, -0.05) is 26.3 Å². The Labute approximate surface area is 205 Å². The molecule has 1 rings (SSSR count). The molecule has 0 saturated carbocycles. The minimum atomic E-state index is -1.54. The standard InChI is InChI=1S/C24H22O12/c1-5-17(25)33-21(34-18(26)6-2)13-31-23(29)15-9-11-16(12-10-15)24(30)32-14-22(35-19(27)7-3)36-20(28)8-4/h5-12,21-22H,1-4,13-14H2. The zero-order chi connectivity index (χ0) is 27.1. The van der Waals surface area contributed by atoms with E-state index in [-0.39, 0.29) is 11.1 Å². The van der Waals surface area contributed by atoms with Crippen molar-refractivity contribution in [2.45, 2.75) is 12.6 Å². The van der Waals surface area contributed by atoms with Crippen molar-refractivity contribution in [3.63, 3.8) is 0 Å². The lowest BCUT2D eigenvalue weighted by atomic mass is 10.1. The van der Waals surface area contributed by atoms with Crippen molar-refractivity contribution in [3.05, 3.63) is 86.0 Å². The van der Waals surface area contributed by atoms with Crippen LogP contribution in [-0.2, 0) is 47.6 Å². The van der Waals surface area contributed by atoms with Crippen LogP contribution in [0.2, 0.25) is 0 Å². The van der Waals surface area contributed by atoms with Crippen LogP contribution >= 0.6 is 0 Å². The molecule has 0 unspecified atom stereocenters. The molecule has 0 aliphatic rings. The summed E-state index contributed by atoms with van der Waals surface area (Å²) >= 11 is 0. The third-order valence-electron chi connectivity index (χ3n) is 3.71. The molecule has 0 aliphatic carbocycles. The van der Waals surface area contributed by atoms with E-state index in [9.17, 15) is 28.8 Å². The molecule has 0 heterocycles.